The molecule has 0 N–H and O–H groups in total. The number of aliphatic imine (C=N–C) groups is 2. The Balaban J connectivity index is 0.921. The van der Waals surface area contributed by atoms with E-state index in [0.29, 0.717) is 17.8 Å². The van der Waals surface area contributed by atoms with Crippen LogP contribution in [-0.2, 0) is 6.42 Å². The van der Waals surface area contributed by atoms with Crippen molar-refractivity contribution in [3.63, 3.8) is 0 Å². The lowest BCUT2D eigenvalue weighted by atomic mass is 9.66. The average molecular weight is 908 g/mol. The highest BCUT2D eigenvalue weighted by atomic mass is 15.3. The average Bonchev–Trinajstić information content (AvgIpc) is 3.97. The summed E-state index contributed by atoms with van der Waals surface area (Å²) in [6, 6.07) is 41.6. The third-order valence-corrected chi connectivity index (χ3v) is 17.4. The monoisotopic (exact) mass is 907 g/mol. The molecule has 0 amide bonds. The number of anilines is 1. The van der Waals surface area contributed by atoms with Gasteiger partial charge in [0.1, 0.15) is 0 Å². The summed E-state index contributed by atoms with van der Waals surface area (Å²) in [4.78, 5) is 13.8. The molecule has 5 heteroatoms. The van der Waals surface area contributed by atoms with Crippen LogP contribution in [0.5, 0.6) is 0 Å². The van der Waals surface area contributed by atoms with Gasteiger partial charge in [0, 0.05) is 67.5 Å². The highest BCUT2D eigenvalue weighted by Gasteiger charge is 2.59. The second kappa shape index (κ2) is 15.0. The summed E-state index contributed by atoms with van der Waals surface area (Å²) in [6.45, 7) is 11.9. The van der Waals surface area contributed by atoms with E-state index in [1.54, 1.807) is 0 Å². The SMILES string of the molecule is CC1Cc2cc(N3C4C=CC=CC4(C)C4C=CC=CC43C)ccc2-c2c1n(-c1ccccc1)c1ccc(-c3ccc4c(c3)c3ccccc3n4C3=NC4(C)CC=CC=C4C(C4C=CC=CC4C)=N3)cc21. The van der Waals surface area contributed by atoms with Crippen LogP contribution in [0, 0.1) is 23.2 Å². The number of fused-ring (bicyclic) bond motifs is 12. The van der Waals surface area contributed by atoms with Crippen LogP contribution >= 0.6 is 0 Å². The third-order valence-electron chi connectivity index (χ3n) is 17.4. The molecule has 342 valence electrons. The zero-order valence-electron chi connectivity index (χ0n) is 40.6. The Labute approximate surface area is 411 Å². The molecule has 8 atom stereocenters. The summed E-state index contributed by atoms with van der Waals surface area (Å²) in [5, 5.41) is 3.69. The molecule has 5 nitrogen and oxygen atoms in total. The summed E-state index contributed by atoms with van der Waals surface area (Å²) in [7, 11) is 0. The molecule has 14 rings (SSSR count). The number of hydrogen-bond donors (Lipinski definition) is 0. The fraction of sp³-hybridized carbons (Fsp3) is 0.231. The molecule has 70 heavy (non-hydrogen) atoms. The lowest BCUT2D eigenvalue weighted by Gasteiger charge is -2.41. The predicted octanol–water partition coefficient (Wildman–Crippen LogP) is 15.2. The Hall–Kier alpha value is -7.50. The molecular weight excluding hydrogens is 851 g/mol. The van der Waals surface area contributed by atoms with Gasteiger partial charge in [-0.15, -0.1) is 0 Å². The van der Waals surface area contributed by atoms with E-state index in [2.05, 4.69) is 249 Å². The van der Waals surface area contributed by atoms with Gasteiger partial charge in [-0.3, -0.25) is 4.57 Å². The van der Waals surface area contributed by atoms with Crippen molar-refractivity contribution < 1.29 is 0 Å². The van der Waals surface area contributed by atoms with Gasteiger partial charge < -0.3 is 9.47 Å². The van der Waals surface area contributed by atoms with Gasteiger partial charge >= 0.3 is 0 Å². The normalized spacial score (nSPS) is 29.0. The van der Waals surface area contributed by atoms with E-state index in [9.17, 15) is 0 Å². The maximum Gasteiger partial charge on any atom is 0.231 e. The minimum Gasteiger partial charge on any atom is -0.355 e. The van der Waals surface area contributed by atoms with E-state index in [4.69, 9.17) is 9.98 Å². The number of nitrogens with zero attached hydrogens (tertiary/aromatic N) is 5. The topological polar surface area (TPSA) is 37.8 Å². The number of rotatable bonds is 4. The van der Waals surface area contributed by atoms with Crippen molar-refractivity contribution >= 4 is 50.1 Å². The van der Waals surface area contributed by atoms with Crippen molar-refractivity contribution in [1.29, 1.82) is 0 Å². The van der Waals surface area contributed by atoms with Crippen molar-refractivity contribution in [1.82, 2.24) is 9.13 Å². The van der Waals surface area contributed by atoms with Gasteiger partial charge in [0.15, 0.2) is 0 Å². The van der Waals surface area contributed by atoms with Crippen LogP contribution < -0.4 is 4.90 Å². The number of aromatic nitrogens is 2. The fourth-order valence-corrected chi connectivity index (χ4v) is 14.0. The Morgan fingerprint density at radius 2 is 1.34 bits per heavy atom. The third kappa shape index (κ3) is 5.78. The van der Waals surface area contributed by atoms with Crippen LogP contribution in [-0.4, -0.2) is 37.9 Å². The summed E-state index contributed by atoms with van der Waals surface area (Å²) >= 11 is 0. The first kappa shape index (κ1) is 41.5. The van der Waals surface area contributed by atoms with Gasteiger partial charge in [0.25, 0.3) is 0 Å². The molecule has 0 radical (unpaired) electrons. The Morgan fingerprint density at radius 3 is 2.19 bits per heavy atom. The second-order valence-corrected chi connectivity index (χ2v) is 21.6. The summed E-state index contributed by atoms with van der Waals surface area (Å²) in [6.07, 6.45) is 36.2. The number of allylic oxidation sites excluding steroid dienone is 10. The first-order chi connectivity index (χ1) is 34.1. The van der Waals surface area contributed by atoms with Crippen molar-refractivity contribution in [3.8, 4) is 27.9 Å². The first-order valence-corrected chi connectivity index (χ1v) is 25.5. The van der Waals surface area contributed by atoms with Gasteiger partial charge in [-0.05, 0) is 109 Å². The van der Waals surface area contributed by atoms with E-state index in [0.717, 1.165) is 35.5 Å². The zero-order chi connectivity index (χ0) is 47.1. The van der Waals surface area contributed by atoms with E-state index in [1.165, 1.54) is 72.1 Å². The number of benzene rings is 5. The van der Waals surface area contributed by atoms with Gasteiger partial charge in [0.2, 0.25) is 5.96 Å². The Bertz CT molecular complexity index is 3720. The minimum absolute atomic E-state index is 0.00397. The second-order valence-electron chi connectivity index (χ2n) is 21.6. The fourth-order valence-electron chi connectivity index (χ4n) is 14.0. The van der Waals surface area contributed by atoms with E-state index in [-0.39, 0.29) is 22.9 Å². The smallest absolute Gasteiger partial charge is 0.231 e. The lowest BCUT2D eigenvalue weighted by Crippen LogP contribution is -2.46. The molecule has 2 aromatic heterocycles. The maximum absolute atomic E-state index is 5.54. The van der Waals surface area contributed by atoms with Crippen molar-refractivity contribution in [2.75, 3.05) is 4.90 Å². The number of para-hydroxylation sites is 2. The molecule has 5 aliphatic carbocycles. The van der Waals surface area contributed by atoms with Crippen molar-refractivity contribution in [2.24, 2.45) is 33.2 Å². The standard InChI is InChI=1S/C65H57N5/c1-41-19-9-10-22-48(41)60-53-24-13-17-35-64(53,4)67-62(66-60)69-54-25-12-11-23-50(54)51-39-43(28-32-55(51)69)44-29-33-56-52(40-44)59-49-31-30-47(38-45(49)37-42(2)61(59)68(56)46-20-7-6-8-21-46)70-58-27-15-16-34-63(58,3)57-26-14-18-36-65(57,70)5/h6-34,36,38-42,48,57-58H,35,37H2,1-5H3. The summed E-state index contributed by atoms with van der Waals surface area (Å²) in [5.74, 6) is 1.95. The molecule has 2 aliphatic heterocycles. The Morgan fingerprint density at radius 1 is 0.614 bits per heavy atom. The van der Waals surface area contributed by atoms with Crippen molar-refractivity contribution in [2.45, 2.75) is 70.5 Å². The molecule has 1 fully saturated rings. The predicted molar refractivity (Wildman–Crippen MR) is 294 cm³/mol. The highest BCUT2D eigenvalue weighted by molar-refractivity contribution is 6.19. The van der Waals surface area contributed by atoms with Crippen LogP contribution in [0.3, 0.4) is 0 Å². The number of hydrogen-bond acceptors (Lipinski definition) is 3. The maximum atomic E-state index is 5.54. The van der Waals surface area contributed by atoms with E-state index < -0.39 is 5.54 Å². The van der Waals surface area contributed by atoms with E-state index >= 15 is 0 Å². The molecule has 8 unspecified atom stereocenters. The summed E-state index contributed by atoms with van der Waals surface area (Å²) < 4.78 is 4.87. The molecule has 4 heterocycles. The Kier molecular flexibility index (Phi) is 8.89. The lowest BCUT2D eigenvalue weighted by molar-refractivity contribution is 0.311. The van der Waals surface area contributed by atoms with Gasteiger partial charge in [0.05, 0.1) is 39.4 Å². The molecule has 7 aliphatic rings. The molecule has 0 bridgehead atoms. The van der Waals surface area contributed by atoms with Crippen LogP contribution in [0.1, 0.15) is 58.2 Å². The summed E-state index contributed by atoms with van der Waals surface area (Å²) in [5.41, 5.74) is 15.7. The van der Waals surface area contributed by atoms with Crippen LogP contribution in [0.2, 0.25) is 0 Å². The van der Waals surface area contributed by atoms with Crippen LogP contribution in [0.15, 0.2) is 216 Å². The van der Waals surface area contributed by atoms with Gasteiger partial charge in [-0.2, -0.15) is 0 Å². The van der Waals surface area contributed by atoms with Crippen LogP contribution in [0.25, 0.3) is 60.6 Å². The molecule has 0 saturated carbocycles. The molecular formula is C65H57N5. The minimum atomic E-state index is -0.401. The van der Waals surface area contributed by atoms with E-state index in [1.807, 2.05) is 0 Å². The van der Waals surface area contributed by atoms with Crippen LogP contribution in [0.4, 0.5) is 5.69 Å². The quantitative estimate of drug-likeness (QED) is 0.173. The van der Waals surface area contributed by atoms with Gasteiger partial charge in [-0.25, -0.2) is 9.98 Å². The molecule has 5 aromatic carbocycles. The molecule has 7 aromatic rings. The molecule has 1 saturated heterocycles. The largest absolute Gasteiger partial charge is 0.355 e. The zero-order valence-corrected chi connectivity index (χ0v) is 40.6. The first-order valence-electron chi connectivity index (χ1n) is 25.5. The highest BCUT2D eigenvalue weighted by Crippen LogP contribution is 2.58. The molecule has 0 spiro atoms. The van der Waals surface area contributed by atoms with Gasteiger partial charge in [-0.1, -0.05) is 167 Å². The van der Waals surface area contributed by atoms with Crippen molar-refractivity contribution in [3.05, 3.63) is 217 Å².